The van der Waals surface area contributed by atoms with Crippen molar-refractivity contribution in [3.8, 4) is 23.0 Å². The molecule has 0 unspecified atom stereocenters. The van der Waals surface area contributed by atoms with Gasteiger partial charge in [0.25, 0.3) is 0 Å². The van der Waals surface area contributed by atoms with Crippen LogP contribution < -0.4 is 18.9 Å². The van der Waals surface area contributed by atoms with Crippen LogP contribution in [-0.4, -0.2) is 53.0 Å². The zero-order valence-corrected chi connectivity index (χ0v) is 17.7. The molecule has 0 radical (unpaired) electrons. The molecule has 1 saturated heterocycles. The second-order valence-corrected chi connectivity index (χ2v) is 6.53. The standard InChI is InChI=1S/C14H18O4.C9H10O3/c1-9-8-18-14(11(9)7-15)10-4-5-12(16-2)13(6-10)17-3;1-11-8-4-3-7(6-10)5-9(8)12-2/h4-6,11,14-15H,1,7-8H2,2-3H3;3-6H,1-2H3/t11-,14+;/m0./s1. The van der Waals surface area contributed by atoms with Gasteiger partial charge in [0.2, 0.25) is 0 Å². The highest BCUT2D eigenvalue weighted by atomic mass is 16.5. The number of methoxy groups -OCH3 is 4. The van der Waals surface area contributed by atoms with Crippen LogP contribution in [0.3, 0.4) is 0 Å². The lowest BCUT2D eigenvalue weighted by Gasteiger charge is -2.18. The highest BCUT2D eigenvalue weighted by molar-refractivity contribution is 5.76. The maximum absolute atomic E-state index is 10.4. The van der Waals surface area contributed by atoms with Gasteiger partial charge < -0.3 is 28.8 Å². The van der Waals surface area contributed by atoms with E-state index >= 15 is 0 Å². The molecule has 1 fully saturated rings. The number of hydrogen-bond acceptors (Lipinski definition) is 7. The van der Waals surface area contributed by atoms with E-state index in [-0.39, 0.29) is 18.6 Å². The summed E-state index contributed by atoms with van der Waals surface area (Å²) >= 11 is 0. The largest absolute Gasteiger partial charge is 0.493 e. The van der Waals surface area contributed by atoms with Crippen molar-refractivity contribution >= 4 is 6.29 Å². The van der Waals surface area contributed by atoms with Crippen molar-refractivity contribution in [1.82, 2.24) is 0 Å². The Balaban J connectivity index is 0.000000232. The first-order valence-corrected chi connectivity index (χ1v) is 9.32. The summed E-state index contributed by atoms with van der Waals surface area (Å²) in [4.78, 5) is 10.4. The minimum absolute atomic E-state index is 0.0395. The number of ether oxygens (including phenoxy) is 5. The maximum atomic E-state index is 10.4. The van der Waals surface area contributed by atoms with Crippen LogP contribution >= 0.6 is 0 Å². The Morgan fingerprint density at radius 1 is 0.967 bits per heavy atom. The number of rotatable bonds is 7. The number of aliphatic hydroxyl groups excluding tert-OH is 1. The van der Waals surface area contributed by atoms with Gasteiger partial charge in [-0.25, -0.2) is 0 Å². The molecule has 1 heterocycles. The first-order chi connectivity index (χ1) is 14.5. The molecule has 162 valence electrons. The predicted octanol–water partition coefficient (Wildman–Crippen LogP) is 3.46. The van der Waals surface area contributed by atoms with Crippen molar-refractivity contribution in [1.29, 1.82) is 0 Å². The normalized spacial score (nSPS) is 17.6. The van der Waals surface area contributed by atoms with Gasteiger partial charge in [0.05, 0.1) is 47.8 Å². The van der Waals surface area contributed by atoms with Crippen molar-refractivity contribution in [3.05, 3.63) is 59.7 Å². The number of aliphatic hydroxyl groups is 1. The molecule has 1 aliphatic rings. The second kappa shape index (κ2) is 11.2. The molecule has 30 heavy (non-hydrogen) atoms. The Kier molecular flexibility index (Phi) is 8.70. The van der Waals surface area contributed by atoms with E-state index in [1.807, 2.05) is 18.2 Å². The number of carbonyl (C=O) groups excluding carboxylic acids is 1. The minimum Gasteiger partial charge on any atom is -0.493 e. The predicted molar refractivity (Wildman–Crippen MR) is 113 cm³/mol. The Bertz CT molecular complexity index is 863. The highest BCUT2D eigenvalue weighted by Gasteiger charge is 2.32. The molecule has 0 aliphatic carbocycles. The molecule has 0 aromatic heterocycles. The smallest absolute Gasteiger partial charge is 0.161 e. The molecule has 2 atom stereocenters. The van der Waals surface area contributed by atoms with Gasteiger partial charge in [0.1, 0.15) is 6.29 Å². The van der Waals surface area contributed by atoms with Crippen molar-refractivity contribution < 1.29 is 33.6 Å². The van der Waals surface area contributed by atoms with Gasteiger partial charge in [-0.3, -0.25) is 4.79 Å². The van der Waals surface area contributed by atoms with Gasteiger partial charge in [-0.05, 0) is 41.5 Å². The highest BCUT2D eigenvalue weighted by Crippen LogP contribution is 2.40. The van der Waals surface area contributed by atoms with E-state index < -0.39 is 0 Å². The molecule has 1 N–H and O–H groups in total. The monoisotopic (exact) mass is 416 g/mol. The van der Waals surface area contributed by atoms with Crippen molar-refractivity contribution in [2.24, 2.45) is 5.92 Å². The summed E-state index contributed by atoms with van der Waals surface area (Å²) in [6.45, 7) is 4.45. The molecule has 0 saturated carbocycles. The SMILES string of the molecule is C=C1CO[C@H](c2ccc(OC)c(OC)c2)[C@H]1CO.COc1ccc(C=O)cc1OC. The molecule has 0 amide bonds. The van der Waals surface area contributed by atoms with E-state index in [9.17, 15) is 9.90 Å². The van der Waals surface area contributed by atoms with Crippen LogP contribution in [0.15, 0.2) is 48.6 Å². The zero-order chi connectivity index (χ0) is 22.1. The Hall–Kier alpha value is -3.03. The average molecular weight is 416 g/mol. The molecule has 0 bridgehead atoms. The van der Waals surface area contributed by atoms with Crippen LogP contribution in [0.1, 0.15) is 22.0 Å². The summed E-state index contributed by atoms with van der Waals surface area (Å²) in [5.41, 5.74) is 2.47. The summed E-state index contributed by atoms with van der Waals surface area (Å²) in [5.74, 6) is 2.49. The van der Waals surface area contributed by atoms with Crippen LogP contribution in [0.5, 0.6) is 23.0 Å². The summed E-state index contributed by atoms with van der Waals surface area (Å²) in [6.07, 6.45) is 0.601. The number of carbonyl (C=O) groups is 1. The average Bonchev–Trinajstić information content (AvgIpc) is 3.18. The van der Waals surface area contributed by atoms with Gasteiger partial charge in [-0.1, -0.05) is 12.6 Å². The first-order valence-electron chi connectivity index (χ1n) is 9.32. The lowest BCUT2D eigenvalue weighted by molar-refractivity contribution is 0.0719. The molecule has 7 heteroatoms. The van der Waals surface area contributed by atoms with Gasteiger partial charge >= 0.3 is 0 Å². The molecular weight excluding hydrogens is 388 g/mol. The number of hydrogen-bond donors (Lipinski definition) is 1. The summed E-state index contributed by atoms with van der Waals surface area (Å²) < 4.78 is 26.1. The fourth-order valence-electron chi connectivity index (χ4n) is 3.14. The maximum Gasteiger partial charge on any atom is 0.161 e. The Labute approximate surface area is 176 Å². The van der Waals surface area contributed by atoms with Crippen molar-refractivity contribution in [3.63, 3.8) is 0 Å². The van der Waals surface area contributed by atoms with Gasteiger partial charge in [-0.15, -0.1) is 0 Å². The van der Waals surface area contributed by atoms with Crippen LogP contribution in [-0.2, 0) is 4.74 Å². The minimum atomic E-state index is -0.165. The summed E-state index contributed by atoms with van der Waals surface area (Å²) in [6, 6.07) is 10.6. The number of benzene rings is 2. The third kappa shape index (κ3) is 5.31. The van der Waals surface area contributed by atoms with E-state index in [4.69, 9.17) is 23.7 Å². The molecule has 7 nitrogen and oxygen atoms in total. The third-order valence-electron chi connectivity index (χ3n) is 4.81. The van der Waals surface area contributed by atoms with Crippen LogP contribution in [0.2, 0.25) is 0 Å². The molecular formula is C23H28O7. The molecule has 2 aromatic rings. The van der Waals surface area contributed by atoms with Crippen LogP contribution in [0, 0.1) is 5.92 Å². The van der Waals surface area contributed by atoms with E-state index in [1.165, 1.54) is 7.11 Å². The molecule has 3 rings (SSSR count). The third-order valence-corrected chi connectivity index (χ3v) is 4.81. The second-order valence-electron chi connectivity index (χ2n) is 6.53. The first kappa shape index (κ1) is 23.3. The zero-order valence-electron chi connectivity index (χ0n) is 17.7. The van der Waals surface area contributed by atoms with Crippen molar-refractivity contribution in [2.75, 3.05) is 41.7 Å². The van der Waals surface area contributed by atoms with Gasteiger partial charge in [-0.2, -0.15) is 0 Å². The number of aldehydes is 1. The Morgan fingerprint density at radius 2 is 1.53 bits per heavy atom. The lowest BCUT2D eigenvalue weighted by atomic mass is 9.93. The van der Waals surface area contributed by atoms with Gasteiger partial charge in [0, 0.05) is 11.5 Å². The van der Waals surface area contributed by atoms with E-state index in [0.717, 1.165) is 17.4 Å². The Morgan fingerprint density at radius 3 is 2.07 bits per heavy atom. The summed E-state index contributed by atoms with van der Waals surface area (Å²) in [7, 11) is 6.28. The molecule has 0 spiro atoms. The van der Waals surface area contributed by atoms with E-state index in [1.54, 1.807) is 39.5 Å². The van der Waals surface area contributed by atoms with E-state index in [0.29, 0.717) is 35.2 Å². The van der Waals surface area contributed by atoms with E-state index in [2.05, 4.69) is 6.58 Å². The van der Waals surface area contributed by atoms with Crippen molar-refractivity contribution in [2.45, 2.75) is 6.10 Å². The lowest BCUT2D eigenvalue weighted by Crippen LogP contribution is -2.12. The molecule has 1 aliphatic heterocycles. The van der Waals surface area contributed by atoms with Crippen LogP contribution in [0.25, 0.3) is 0 Å². The quantitative estimate of drug-likeness (QED) is 0.547. The fourth-order valence-corrected chi connectivity index (χ4v) is 3.14. The summed E-state index contributed by atoms with van der Waals surface area (Å²) in [5, 5.41) is 9.40. The topological polar surface area (TPSA) is 83.5 Å². The van der Waals surface area contributed by atoms with Crippen LogP contribution in [0.4, 0.5) is 0 Å². The fraction of sp³-hybridized carbons (Fsp3) is 0.348. The molecule has 2 aromatic carbocycles. The van der Waals surface area contributed by atoms with Gasteiger partial charge in [0.15, 0.2) is 23.0 Å².